The van der Waals surface area contributed by atoms with Crippen LogP contribution in [-0.4, -0.2) is 42.2 Å². The van der Waals surface area contributed by atoms with Gasteiger partial charge < -0.3 is 15.5 Å². The highest BCUT2D eigenvalue weighted by molar-refractivity contribution is 7.99. The first-order valence-electron chi connectivity index (χ1n) is 9.44. The molecule has 0 aliphatic carbocycles. The number of nitrogens with zero attached hydrogens (tertiary/aromatic N) is 1. The third-order valence-corrected chi connectivity index (χ3v) is 5.55. The predicted molar refractivity (Wildman–Crippen MR) is 110 cm³/mol. The number of hydrogen-bond acceptors (Lipinski definition) is 3. The minimum atomic E-state index is -0.294. The van der Waals surface area contributed by atoms with Crippen LogP contribution in [0.4, 0.5) is 14.9 Å². The molecule has 28 heavy (non-hydrogen) atoms. The third kappa shape index (κ3) is 5.99. The van der Waals surface area contributed by atoms with Crippen molar-refractivity contribution in [3.8, 4) is 0 Å². The molecule has 2 aromatic rings. The topological polar surface area (TPSA) is 61.4 Å². The second kappa shape index (κ2) is 10.1. The Kier molecular flexibility index (Phi) is 7.31. The van der Waals surface area contributed by atoms with E-state index in [1.165, 1.54) is 12.1 Å². The first-order valence-corrected chi connectivity index (χ1v) is 10.4. The van der Waals surface area contributed by atoms with Gasteiger partial charge in [0.1, 0.15) is 5.82 Å². The van der Waals surface area contributed by atoms with Gasteiger partial charge in [-0.15, -0.1) is 11.8 Å². The molecule has 0 aromatic heterocycles. The Labute approximate surface area is 168 Å². The molecule has 3 amide bonds. The number of rotatable bonds is 7. The van der Waals surface area contributed by atoms with Crippen LogP contribution in [0.15, 0.2) is 53.4 Å². The predicted octanol–water partition coefficient (Wildman–Crippen LogP) is 4.37. The zero-order valence-corrected chi connectivity index (χ0v) is 16.4. The fourth-order valence-corrected chi connectivity index (χ4v) is 3.86. The van der Waals surface area contributed by atoms with E-state index in [0.717, 1.165) is 43.0 Å². The Morgan fingerprint density at radius 1 is 1.07 bits per heavy atom. The number of benzene rings is 2. The standard InChI is InChI=1S/C21H24FN3O2S/c22-17-7-9-19(10-8-17)28-14-4-11-23-21(27)24-18-6-3-5-16(15-18)20(26)25-12-1-2-13-25/h3,5-10,15H,1-2,4,11-14H2,(H2,23,24,27). The van der Waals surface area contributed by atoms with Crippen LogP contribution in [-0.2, 0) is 0 Å². The Hall–Kier alpha value is -2.54. The lowest BCUT2D eigenvalue weighted by atomic mass is 10.2. The van der Waals surface area contributed by atoms with Gasteiger partial charge in [0.25, 0.3) is 5.91 Å². The molecule has 5 nitrogen and oxygen atoms in total. The van der Waals surface area contributed by atoms with Gasteiger partial charge >= 0.3 is 6.03 Å². The first kappa shape index (κ1) is 20.2. The van der Waals surface area contributed by atoms with Crippen LogP contribution in [0.25, 0.3) is 0 Å². The van der Waals surface area contributed by atoms with Gasteiger partial charge in [-0.25, -0.2) is 9.18 Å². The van der Waals surface area contributed by atoms with Crippen LogP contribution in [0.1, 0.15) is 29.6 Å². The third-order valence-electron chi connectivity index (χ3n) is 4.45. The van der Waals surface area contributed by atoms with E-state index < -0.39 is 0 Å². The Bertz CT molecular complexity index is 808. The van der Waals surface area contributed by atoms with E-state index in [9.17, 15) is 14.0 Å². The van der Waals surface area contributed by atoms with Crippen LogP contribution < -0.4 is 10.6 Å². The number of amides is 3. The van der Waals surface area contributed by atoms with Crippen LogP contribution >= 0.6 is 11.8 Å². The average Bonchev–Trinajstić information content (AvgIpc) is 3.23. The summed E-state index contributed by atoms with van der Waals surface area (Å²) in [6.07, 6.45) is 2.89. The van der Waals surface area contributed by atoms with Gasteiger partial charge in [0, 0.05) is 35.8 Å². The molecule has 0 atom stereocenters. The van der Waals surface area contributed by atoms with Gasteiger partial charge in [-0.3, -0.25) is 4.79 Å². The van der Waals surface area contributed by atoms with E-state index in [2.05, 4.69) is 10.6 Å². The summed E-state index contributed by atoms with van der Waals surface area (Å²) in [4.78, 5) is 27.3. The number of thioether (sulfide) groups is 1. The molecule has 0 saturated carbocycles. The molecule has 0 bridgehead atoms. The molecule has 3 rings (SSSR count). The SMILES string of the molecule is O=C(NCCCSc1ccc(F)cc1)Nc1cccc(C(=O)N2CCCC2)c1. The van der Waals surface area contributed by atoms with Gasteiger partial charge in [-0.1, -0.05) is 6.07 Å². The Morgan fingerprint density at radius 3 is 2.57 bits per heavy atom. The second-order valence-corrected chi connectivity index (χ2v) is 7.79. The maximum Gasteiger partial charge on any atom is 0.319 e. The fraction of sp³-hybridized carbons (Fsp3) is 0.333. The van der Waals surface area contributed by atoms with Crippen molar-refractivity contribution in [1.82, 2.24) is 10.2 Å². The number of carbonyl (C=O) groups excluding carboxylic acids is 2. The zero-order chi connectivity index (χ0) is 19.8. The van der Waals surface area contributed by atoms with E-state index in [-0.39, 0.29) is 17.8 Å². The van der Waals surface area contributed by atoms with Gasteiger partial charge in [-0.05, 0) is 67.5 Å². The number of hydrogen-bond donors (Lipinski definition) is 2. The normalized spacial score (nSPS) is 13.4. The highest BCUT2D eigenvalue weighted by atomic mass is 32.2. The van der Waals surface area contributed by atoms with Crippen LogP contribution in [0.5, 0.6) is 0 Å². The van der Waals surface area contributed by atoms with E-state index in [1.807, 2.05) is 4.90 Å². The maximum atomic E-state index is 12.9. The summed E-state index contributed by atoms with van der Waals surface area (Å²) < 4.78 is 12.9. The molecular weight excluding hydrogens is 377 g/mol. The minimum Gasteiger partial charge on any atom is -0.339 e. The number of halogens is 1. The summed E-state index contributed by atoms with van der Waals surface area (Å²) in [5, 5.41) is 5.58. The summed E-state index contributed by atoms with van der Waals surface area (Å²) in [6, 6.07) is 13.1. The summed E-state index contributed by atoms with van der Waals surface area (Å²) >= 11 is 1.62. The molecule has 7 heteroatoms. The summed E-state index contributed by atoms with van der Waals surface area (Å²) in [5.41, 5.74) is 1.19. The highest BCUT2D eigenvalue weighted by Crippen LogP contribution is 2.19. The minimum absolute atomic E-state index is 0.0133. The molecule has 1 aliphatic heterocycles. The van der Waals surface area contributed by atoms with Crippen LogP contribution in [0.2, 0.25) is 0 Å². The van der Waals surface area contributed by atoms with Crippen molar-refractivity contribution >= 4 is 29.4 Å². The zero-order valence-electron chi connectivity index (χ0n) is 15.6. The summed E-state index contributed by atoms with van der Waals surface area (Å²) in [5.74, 6) is 0.597. The van der Waals surface area contributed by atoms with E-state index >= 15 is 0 Å². The fourth-order valence-electron chi connectivity index (χ4n) is 3.00. The van der Waals surface area contributed by atoms with Gasteiger partial charge in [0.15, 0.2) is 0 Å². The largest absolute Gasteiger partial charge is 0.339 e. The van der Waals surface area contributed by atoms with Crippen molar-refractivity contribution in [2.45, 2.75) is 24.2 Å². The molecule has 148 valence electrons. The van der Waals surface area contributed by atoms with E-state index in [4.69, 9.17) is 0 Å². The average molecular weight is 402 g/mol. The van der Waals surface area contributed by atoms with E-state index in [0.29, 0.717) is 17.8 Å². The Balaban J connectivity index is 1.39. The van der Waals surface area contributed by atoms with Crippen molar-refractivity contribution in [2.24, 2.45) is 0 Å². The first-order chi connectivity index (χ1) is 13.6. The van der Waals surface area contributed by atoms with Crippen molar-refractivity contribution in [1.29, 1.82) is 0 Å². The van der Waals surface area contributed by atoms with E-state index in [1.54, 1.807) is 48.2 Å². The second-order valence-electron chi connectivity index (χ2n) is 6.62. The van der Waals surface area contributed by atoms with Crippen LogP contribution in [0, 0.1) is 5.82 Å². The molecule has 1 fully saturated rings. The molecule has 1 saturated heterocycles. The lowest BCUT2D eigenvalue weighted by Gasteiger charge is -2.16. The molecule has 0 unspecified atom stereocenters. The van der Waals surface area contributed by atoms with Gasteiger partial charge in [0.05, 0.1) is 0 Å². The number of urea groups is 1. The van der Waals surface area contributed by atoms with Crippen LogP contribution in [0.3, 0.4) is 0 Å². The lowest BCUT2D eigenvalue weighted by Crippen LogP contribution is -2.30. The van der Waals surface area contributed by atoms with Crippen molar-refractivity contribution in [3.63, 3.8) is 0 Å². The maximum absolute atomic E-state index is 12.9. The lowest BCUT2D eigenvalue weighted by molar-refractivity contribution is 0.0793. The van der Waals surface area contributed by atoms with Crippen molar-refractivity contribution in [3.05, 3.63) is 59.9 Å². The molecule has 1 heterocycles. The van der Waals surface area contributed by atoms with Gasteiger partial charge in [0.2, 0.25) is 0 Å². The molecule has 0 spiro atoms. The van der Waals surface area contributed by atoms with Gasteiger partial charge in [-0.2, -0.15) is 0 Å². The number of likely N-dealkylation sites (tertiary alicyclic amines) is 1. The molecule has 2 N–H and O–H groups in total. The molecule has 2 aromatic carbocycles. The number of carbonyl (C=O) groups is 2. The van der Waals surface area contributed by atoms with Crippen molar-refractivity contribution in [2.75, 3.05) is 30.7 Å². The summed E-state index contributed by atoms with van der Waals surface area (Å²) in [6.45, 7) is 2.13. The Morgan fingerprint density at radius 2 is 1.82 bits per heavy atom. The van der Waals surface area contributed by atoms with Crippen molar-refractivity contribution < 1.29 is 14.0 Å². The molecular formula is C21H24FN3O2S. The monoisotopic (exact) mass is 401 g/mol. The quantitative estimate of drug-likeness (QED) is 0.535. The number of nitrogens with one attached hydrogen (secondary N) is 2. The molecule has 1 aliphatic rings. The number of anilines is 1. The smallest absolute Gasteiger partial charge is 0.319 e. The highest BCUT2D eigenvalue weighted by Gasteiger charge is 2.19. The summed E-state index contributed by atoms with van der Waals surface area (Å²) in [7, 11) is 0. The molecule has 0 radical (unpaired) electrons.